The SMILES string of the molecule is CC(C)(C)C(=O)SCCO.Cc1ccc(S(=O)(=O)OCCSC(=O)C(C)(C)C)cc1. The number of carbonyl (C=O) groups excluding carboxylic acids is 2. The van der Waals surface area contributed by atoms with Crippen LogP contribution in [-0.4, -0.2) is 48.5 Å². The molecule has 0 saturated carbocycles. The highest BCUT2D eigenvalue weighted by molar-refractivity contribution is 8.14. The Labute approximate surface area is 189 Å². The molecule has 0 amide bonds. The van der Waals surface area contributed by atoms with Crippen molar-refractivity contribution in [1.29, 1.82) is 0 Å². The van der Waals surface area contributed by atoms with Gasteiger partial charge in [-0.15, -0.1) is 0 Å². The molecule has 0 fully saturated rings. The van der Waals surface area contributed by atoms with E-state index in [-0.39, 0.29) is 33.8 Å². The number of hydrogen-bond acceptors (Lipinski definition) is 8. The van der Waals surface area contributed by atoms with Crippen LogP contribution in [0, 0.1) is 17.8 Å². The fourth-order valence-corrected chi connectivity index (χ4v) is 4.13. The number of benzene rings is 1. The van der Waals surface area contributed by atoms with E-state index in [4.69, 9.17) is 9.29 Å². The van der Waals surface area contributed by atoms with Crippen molar-refractivity contribution in [2.75, 3.05) is 24.7 Å². The van der Waals surface area contributed by atoms with Gasteiger partial charge in [-0.05, 0) is 19.1 Å². The third-order valence-corrected chi connectivity index (χ3v) is 7.25. The molecule has 6 nitrogen and oxygen atoms in total. The second kappa shape index (κ2) is 12.9. The molecule has 0 spiro atoms. The lowest BCUT2D eigenvalue weighted by Gasteiger charge is -2.15. The van der Waals surface area contributed by atoms with Crippen molar-refractivity contribution in [3.8, 4) is 0 Å². The van der Waals surface area contributed by atoms with Crippen LogP contribution in [0.3, 0.4) is 0 Å². The van der Waals surface area contributed by atoms with Gasteiger partial charge in [-0.3, -0.25) is 13.8 Å². The molecule has 1 N–H and O–H groups in total. The van der Waals surface area contributed by atoms with Crippen LogP contribution in [-0.2, 0) is 23.9 Å². The van der Waals surface area contributed by atoms with Gasteiger partial charge in [0, 0.05) is 22.3 Å². The zero-order valence-corrected chi connectivity index (χ0v) is 21.3. The Morgan fingerprint density at radius 1 is 0.900 bits per heavy atom. The molecule has 1 rings (SSSR count). The molecule has 0 atom stereocenters. The molecule has 0 radical (unpaired) electrons. The van der Waals surface area contributed by atoms with Crippen LogP contribution in [0.5, 0.6) is 0 Å². The minimum atomic E-state index is -3.74. The summed E-state index contributed by atoms with van der Waals surface area (Å²) in [5, 5.41) is 8.57. The van der Waals surface area contributed by atoms with Gasteiger partial charge in [0.2, 0.25) is 0 Å². The molecular weight excluding hydrogens is 444 g/mol. The van der Waals surface area contributed by atoms with Gasteiger partial charge in [0.1, 0.15) is 0 Å². The second-order valence-electron chi connectivity index (χ2n) is 8.58. The minimum absolute atomic E-state index is 0.0112. The number of rotatable bonds is 7. The average Bonchev–Trinajstić information content (AvgIpc) is 2.62. The maximum Gasteiger partial charge on any atom is 0.296 e. The topological polar surface area (TPSA) is 97.7 Å². The van der Waals surface area contributed by atoms with Crippen LogP contribution in [0.15, 0.2) is 29.2 Å². The van der Waals surface area contributed by atoms with E-state index in [1.807, 2.05) is 48.5 Å². The number of thioether (sulfide) groups is 2. The summed E-state index contributed by atoms with van der Waals surface area (Å²) in [5.74, 6) is 0.831. The van der Waals surface area contributed by atoms with Crippen LogP contribution < -0.4 is 0 Å². The number of carbonyl (C=O) groups is 2. The first-order chi connectivity index (χ1) is 13.6. The van der Waals surface area contributed by atoms with Crippen molar-refractivity contribution >= 4 is 43.9 Å². The molecule has 9 heteroatoms. The van der Waals surface area contributed by atoms with E-state index in [9.17, 15) is 18.0 Å². The average molecular weight is 479 g/mol. The van der Waals surface area contributed by atoms with Crippen LogP contribution >= 0.6 is 23.5 Å². The lowest BCUT2D eigenvalue weighted by molar-refractivity contribution is -0.118. The lowest BCUT2D eigenvalue weighted by Crippen LogP contribution is -2.18. The van der Waals surface area contributed by atoms with E-state index >= 15 is 0 Å². The van der Waals surface area contributed by atoms with Gasteiger partial charge in [0.05, 0.1) is 18.1 Å². The van der Waals surface area contributed by atoms with Crippen LogP contribution in [0.25, 0.3) is 0 Å². The minimum Gasteiger partial charge on any atom is -0.396 e. The third-order valence-electron chi connectivity index (χ3n) is 3.41. The summed E-state index contributed by atoms with van der Waals surface area (Å²) in [6.45, 7) is 13.0. The monoisotopic (exact) mass is 478 g/mol. The van der Waals surface area contributed by atoms with E-state index in [1.54, 1.807) is 12.1 Å². The Bertz CT molecular complexity index is 772. The molecule has 172 valence electrons. The summed E-state index contributed by atoms with van der Waals surface area (Å²) < 4.78 is 28.7. The molecule has 0 unspecified atom stereocenters. The van der Waals surface area contributed by atoms with Crippen molar-refractivity contribution in [2.24, 2.45) is 10.8 Å². The predicted molar refractivity (Wildman–Crippen MR) is 125 cm³/mol. The molecule has 30 heavy (non-hydrogen) atoms. The van der Waals surface area contributed by atoms with Gasteiger partial charge < -0.3 is 5.11 Å². The van der Waals surface area contributed by atoms with E-state index < -0.39 is 15.5 Å². The first-order valence-corrected chi connectivity index (χ1v) is 12.9. The quantitative estimate of drug-likeness (QED) is 0.458. The summed E-state index contributed by atoms with van der Waals surface area (Å²) in [6, 6.07) is 6.46. The highest BCUT2D eigenvalue weighted by atomic mass is 32.2. The largest absolute Gasteiger partial charge is 0.396 e. The van der Waals surface area contributed by atoms with Gasteiger partial charge >= 0.3 is 0 Å². The first-order valence-electron chi connectivity index (χ1n) is 9.52. The lowest BCUT2D eigenvalue weighted by atomic mass is 9.99. The van der Waals surface area contributed by atoms with E-state index in [2.05, 4.69) is 0 Å². The maximum atomic E-state index is 11.9. The Kier molecular flexibility index (Phi) is 12.5. The molecule has 0 saturated heterocycles. The Hall–Kier alpha value is -0.870. The van der Waals surface area contributed by atoms with E-state index in [0.717, 1.165) is 17.3 Å². The molecule has 0 aliphatic rings. The molecular formula is C21H34O6S3. The fourth-order valence-electron chi connectivity index (χ4n) is 1.62. The molecule has 0 bridgehead atoms. The maximum absolute atomic E-state index is 11.9. The van der Waals surface area contributed by atoms with Crippen molar-refractivity contribution in [2.45, 2.75) is 53.4 Å². The van der Waals surface area contributed by atoms with E-state index in [1.165, 1.54) is 23.9 Å². The van der Waals surface area contributed by atoms with Gasteiger partial charge in [-0.1, -0.05) is 82.8 Å². The van der Waals surface area contributed by atoms with Crippen LogP contribution in [0.2, 0.25) is 0 Å². The predicted octanol–water partition coefficient (Wildman–Crippen LogP) is 4.29. The Morgan fingerprint density at radius 3 is 1.73 bits per heavy atom. The van der Waals surface area contributed by atoms with Gasteiger partial charge in [0.15, 0.2) is 10.2 Å². The highest BCUT2D eigenvalue weighted by Gasteiger charge is 2.22. The fraction of sp³-hybridized carbons (Fsp3) is 0.619. The molecule has 0 aliphatic carbocycles. The van der Waals surface area contributed by atoms with Crippen molar-refractivity contribution < 1.29 is 27.3 Å². The summed E-state index contributed by atoms with van der Waals surface area (Å²) >= 11 is 2.29. The first kappa shape index (κ1) is 29.1. The Balaban J connectivity index is 0.000000710. The van der Waals surface area contributed by atoms with Gasteiger partial charge in [-0.2, -0.15) is 8.42 Å². The zero-order valence-electron chi connectivity index (χ0n) is 18.9. The summed E-state index contributed by atoms with van der Waals surface area (Å²) in [5.41, 5.74) is 0.274. The van der Waals surface area contributed by atoms with E-state index in [0.29, 0.717) is 11.5 Å². The zero-order chi connectivity index (χ0) is 23.6. The second-order valence-corrected chi connectivity index (χ2v) is 12.3. The third kappa shape index (κ3) is 12.1. The van der Waals surface area contributed by atoms with Gasteiger partial charge in [0.25, 0.3) is 10.1 Å². The number of aryl methyl sites for hydroxylation is 1. The Morgan fingerprint density at radius 2 is 1.33 bits per heavy atom. The smallest absolute Gasteiger partial charge is 0.296 e. The van der Waals surface area contributed by atoms with Crippen LogP contribution in [0.1, 0.15) is 47.1 Å². The summed E-state index contributed by atoms with van der Waals surface area (Å²) in [6.07, 6.45) is 0. The normalized spacial score (nSPS) is 12.1. The van der Waals surface area contributed by atoms with Gasteiger partial charge in [-0.25, -0.2) is 0 Å². The highest BCUT2D eigenvalue weighted by Crippen LogP contribution is 2.23. The summed E-state index contributed by atoms with van der Waals surface area (Å²) in [7, 11) is -3.74. The van der Waals surface area contributed by atoms with Crippen molar-refractivity contribution in [1.82, 2.24) is 0 Å². The van der Waals surface area contributed by atoms with Crippen molar-refractivity contribution in [3.63, 3.8) is 0 Å². The number of aliphatic hydroxyl groups is 1. The molecule has 1 aromatic carbocycles. The molecule has 0 aromatic heterocycles. The number of hydrogen-bond donors (Lipinski definition) is 1. The number of aliphatic hydroxyl groups excluding tert-OH is 1. The van der Waals surface area contributed by atoms with Crippen LogP contribution in [0.4, 0.5) is 0 Å². The summed E-state index contributed by atoms with van der Waals surface area (Å²) in [4.78, 5) is 22.9. The molecule has 0 heterocycles. The standard InChI is InChI=1S/C14H20O4S2.C7H14O2S/c1-11-5-7-12(8-6-11)20(16,17)18-9-10-19-13(15)14(2,3)4;1-7(2,3)6(9)10-5-4-8/h5-8H,9-10H2,1-4H3;8H,4-5H2,1-3H3. The molecule has 0 aliphatic heterocycles. The molecule has 1 aromatic rings. The van der Waals surface area contributed by atoms with Crippen molar-refractivity contribution in [3.05, 3.63) is 29.8 Å².